The van der Waals surface area contributed by atoms with Crippen molar-refractivity contribution in [2.45, 2.75) is 20.3 Å². The third-order valence-corrected chi connectivity index (χ3v) is 2.35. The van der Waals surface area contributed by atoms with Crippen LogP contribution in [0.5, 0.6) is 5.75 Å². The highest BCUT2D eigenvalue weighted by molar-refractivity contribution is 5.86. The summed E-state index contributed by atoms with van der Waals surface area (Å²) in [6.07, 6.45) is 1.03. The quantitative estimate of drug-likeness (QED) is 0.788. The first kappa shape index (κ1) is 9.13. The Morgan fingerprint density at radius 3 is 2.86 bits per heavy atom. The van der Waals surface area contributed by atoms with E-state index in [4.69, 9.17) is 4.74 Å². The molecule has 2 heteroatoms. The van der Waals surface area contributed by atoms with Crippen LogP contribution in [0.2, 0.25) is 0 Å². The number of rotatable bonds is 3. The van der Waals surface area contributed by atoms with Crippen molar-refractivity contribution in [3.05, 3.63) is 30.0 Å². The minimum atomic E-state index is 0.708. The van der Waals surface area contributed by atoms with Gasteiger partial charge >= 0.3 is 0 Å². The van der Waals surface area contributed by atoms with Crippen molar-refractivity contribution in [2.24, 2.45) is 0 Å². The van der Waals surface area contributed by atoms with E-state index in [1.165, 1.54) is 11.1 Å². The highest BCUT2D eigenvalue weighted by Crippen LogP contribution is 2.25. The van der Waals surface area contributed by atoms with Crippen molar-refractivity contribution in [1.29, 1.82) is 0 Å². The van der Waals surface area contributed by atoms with Gasteiger partial charge in [-0.1, -0.05) is 19.1 Å². The number of hydrogen-bond acceptors (Lipinski definition) is 1. The molecule has 0 aliphatic heterocycles. The van der Waals surface area contributed by atoms with Crippen LogP contribution in [0.1, 0.15) is 19.5 Å². The molecule has 2 rings (SSSR count). The average Bonchev–Trinajstić information content (AvgIpc) is 2.62. The van der Waals surface area contributed by atoms with E-state index in [0.29, 0.717) is 6.61 Å². The van der Waals surface area contributed by atoms with Gasteiger partial charge in [-0.05, 0) is 25.5 Å². The van der Waals surface area contributed by atoms with Crippen LogP contribution in [-0.2, 0) is 6.42 Å². The summed E-state index contributed by atoms with van der Waals surface area (Å²) in [7, 11) is 0. The van der Waals surface area contributed by atoms with E-state index in [9.17, 15) is 0 Å². The number of para-hydroxylation sites is 1. The topological polar surface area (TPSA) is 25.0 Å². The molecular formula is C12H15NO. The molecule has 0 bridgehead atoms. The van der Waals surface area contributed by atoms with Gasteiger partial charge in [0.2, 0.25) is 0 Å². The lowest BCUT2D eigenvalue weighted by Crippen LogP contribution is -1.91. The van der Waals surface area contributed by atoms with Gasteiger partial charge in [-0.3, -0.25) is 0 Å². The monoisotopic (exact) mass is 189 g/mol. The van der Waals surface area contributed by atoms with Crippen LogP contribution in [0.3, 0.4) is 0 Å². The predicted molar refractivity (Wildman–Crippen MR) is 58.8 cm³/mol. The van der Waals surface area contributed by atoms with Crippen LogP contribution in [0.15, 0.2) is 24.3 Å². The second kappa shape index (κ2) is 3.74. The van der Waals surface area contributed by atoms with Crippen LogP contribution >= 0.6 is 0 Å². The molecule has 2 nitrogen and oxygen atoms in total. The van der Waals surface area contributed by atoms with E-state index < -0.39 is 0 Å². The predicted octanol–water partition coefficient (Wildman–Crippen LogP) is 3.13. The minimum absolute atomic E-state index is 0.708. The van der Waals surface area contributed by atoms with Crippen molar-refractivity contribution >= 4 is 10.9 Å². The fourth-order valence-corrected chi connectivity index (χ4v) is 1.65. The fraction of sp³-hybridized carbons (Fsp3) is 0.333. The molecule has 0 atom stereocenters. The summed E-state index contributed by atoms with van der Waals surface area (Å²) >= 11 is 0. The highest BCUT2D eigenvalue weighted by Gasteiger charge is 2.04. The summed E-state index contributed by atoms with van der Waals surface area (Å²) in [6.45, 7) is 4.85. The molecule has 0 amide bonds. The molecule has 0 spiro atoms. The maximum Gasteiger partial charge on any atom is 0.143 e. The molecule has 0 saturated heterocycles. The van der Waals surface area contributed by atoms with Gasteiger partial charge in [0.15, 0.2) is 0 Å². The lowest BCUT2D eigenvalue weighted by atomic mass is 10.2. The number of benzene rings is 1. The fourth-order valence-electron chi connectivity index (χ4n) is 1.65. The largest absolute Gasteiger partial charge is 0.492 e. The summed E-state index contributed by atoms with van der Waals surface area (Å²) in [4.78, 5) is 3.37. The molecule has 0 radical (unpaired) electrons. The number of aromatic nitrogens is 1. The zero-order valence-corrected chi connectivity index (χ0v) is 8.63. The Hall–Kier alpha value is -1.44. The smallest absolute Gasteiger partial charge is 0.143 e. The minimum Gasteiger partial charge on any atom is -0.492 e. The molecule has 0 aliphatic carbocycles. The summed E-state index contributed by atoms with van der Waals surface area (Å²) < 4.78 is 5.55. The normalized spacial score (nSPS) is 10.7. The summed E-state index contributed by atoms with van der Waals surface area (Å²) in [6, 6.07) is 8.31. The lowest BCUT2D eigenvalue weighted by Gasteiger charge is -2.03. The van der Waals surface area contributed by atoms with Crippen molar-refractivity contribution in [3.63, 3.8) is 0 Å². The molecule has 1 heterocycles. The summed E-state index contributed by atoms with van der Waals surface area (Å²) in [5.74, 6) is 0.949. The van der Waals surface area contributed by atoms with Gasteiger partial charge < -0.3 is 9.72 Å². The summed E-state index contributed by atoms with van der Waals surface area (Å²) in [5, 5.41) is 1.23. The maximum absolute atomic E-state index is 5.55. The lowest BCUT2D eigenvalue weighted by molar-refractivity contribution is 0.343. The van der Waals surface area contributed by atoms with E-state index in [1.54, 1.807) is 0 Å². The van der Waals surface area contributed by atoms with Gasteiger partial charge in [0.25, 0.3) is 0 Å². The number of aromatic amines is 1. The first-order valence-electron chi connectivity index (χ1n) is 5.08. The van der Waals surface area contributed by atoms with Gasteiger partial charge in [0.05, 0.1) is 12.1 Å². The Morgan fingerprint density at radius 2 is 2.14 bits per heavy atom. The molecule has 0 saturated carbocycles. The molecule has 74 valence electrons. The number of nitrogens with one attached hydrogen (secondary N) is 1. The Labute approximate surface area is 83.9 Å². The first-order chi connectivity index (χ1) is 6.85. The van der Waals surface area contributed by atoms with Crippen LogP contribution in [0.4, 0.5) is 0 Å². The summed E-state index contributed by atoms with van der Waals surface area (Å²) in [5.41, 5.74) is 2.37. The molecule has 1 aromatic heterocycles. The first-order valence-corrected chi connectivity index (χ1v) is 5.08. The van der Waals surface area contributed by atoms with Gasteiger partial charge in [0.1, 0.15) is 5.75 Å². The van der Waals surface area contributed by atoms with Gasteiger partial charge in [-0.15, -0.1) is 0 Å². The zero-order valence-electron chi connectivity index (χ0n) is 8.63. The van der Waals surface area contributed by atoms with E-state index in [0.717, 1.165) is 17.7 Å². The van der Waals surface area contributed by atoms with Crippen LogP contribution in [0.25, 0.3) is 10.9 Å². The average molecular weight is 189 g/mol. The molecular weight excluding hydrogens is 174 g/mol. The van der Waals surface area contributed by atoms with Crippen molar-refractivity contribution < 1.29 is 4.74 Å². The molecule has 0 unspecified atom stereocenters. The van der Waals surface area contributed by atoms with Crippen molar-refractivity contribution in [1.82, 2.24) is 4.98 Å². The zero-order chi connectivity index (χ0) is 9.97. The Kier molecular flexibility index (Phi) is 2.44. The standard InChI is InChI=1S/C12H15NO/c1-3-10-8-9-6-5-7-11(14-4-2)12(9)13-10/h5-8,13H,3-4H2,1-2H3. The Morgan fingerprint density at radius 1 is 1.29 bits per heavy atom. The highest BCUT2D eigenvalue weighted by atomic mass is 16.5. The SMILES string of the molecule is CCOc1cccc2cc(CC)[nH]c12. The van der Waals surface area contributed by atoms with Crippen molar-refractivity contribution in [3.8, 4) is 5.75 Å². The van der Waals surface area contributed by atoms with E-state index >= 15 is 0 Å². The molecule has 1 N–H and O–H groups in total. The number of fused-ring (bicyclic) bond motifs is 1. The molecule has 14 heavy (non-hydrogen) atoms. The van der Waals surface area contributed by atoms with Gasteiger partial charge in [-0.25, -0.2) is 0 Å². The van der Waals surface area contributed by atoms with Crippen LogP contribution < -0.4 is 4.74 Å². The van der Waals surface area contributed by atoms with E-state index in [-0.39, 0.29) is 0 Å². The molecule has 2 aromatic rings. The van der Waals surface area contributed by atoms with E-state index in [1.807, 2.05) is 19.1 Å². The Balaban J connectivity index is 2.55. The second-order valence-electron chi connectivity index (χ2n) is 3.30. The van der Waals surface area contributed by atoms with Crippen molar-refractivity contribution in [2.75, 3.05) is 6.61 Å². The third-order valence-electron chi connectivity index (χ3n) is 2.35. The van der Waals surface area contributed by atoms with E-state index in [2.05, 4.69) is 24.0 Å². The van der Waals surface area contributed by atoms with Crippen LogP contribution in [-0.4, -0.2) is 11.6 Å². The second-order valence-corrected chi connectivity index (χ2v) is 3.30. The Bertz CT molecular complexity index is 431. The number of ether oxygens (including phenoxy) is 1. The maximum atomic E-state index is 5.55. The van der Waals surface area contributed by atoms with Gasteiger partial charge in [0, 0.05) is 11.1 Å². The van der Waals surface area contributed by atoms with Crippen LogP contribution in [0, 0.1) is 0 Å². The number of hydrogen-bond donors (Lipinski definition) is 1. The molecule has 1 aromatic carbocycles. The third kappa shape index (κ3) is 1.48. The number of aryl methyl sites for hydroxylation is 1. The molecule has 0 fully saturated rings. The molecule has 0 aliphatic rings. The van der Waals surface area contributed by atoms with Gasteiger partial charge in [-0.2, -0.15) is 0 Å². The number of H-pyrrole nitrogens is 1.